The number of imidazole rings is 1. The van der Waals surface area contributed by atoms with E-state index in [0.29, 0.717) is 6.54 Å². The topological polar surface area (TPSA) is 47.3 Å². The molecular formula is C19H21BrN2O2. The molecule has 1 atom stereocenters. The number of hydrogen-bond acceptors (Lipinski definition) is 3. The van der Waals surface area contributed by atoms with Gasteiger partial charge in [0.1, 0.15) is 24.3 Å². The molecule has 0 aliphatic heterocycles. The Balaban J connectivity index is 1.73. The van der Waals surface area contributed by atoms with Crippen LogP contribution in [-0.4, -0.2) is 27.4 Å². The first-order valence-electron chi connectivity index (χ1n) is 8.06. The number of ether oxygens (including phenoxy) is 1. The highest BCUT2D eigenvalue weighted by Gasteiger charge is 2.16. The second kappa shape index (κ2) is 7.36. The molecule has 1 aromatic heterocycles. The minimum absolute atomic E-state index is 0.242. The zero-order chi connectivity index (χ0) is 17.1. The summed E-state index contributed by atoms with van der Waals surface area (Å²) in [6.07, 6.45) is -0.608. The Hall–Kier alpha value is -1.85. The van der Waals surface area contributed by atoms with E-state index in [4.69, 9.17) is 9.72 Å². The number of benzene rings is 2. The first-order chi connectivity index (χ1) is 11.5. The molecule has 0 aliphatic rings. The maximum absolute atomic E-state index is 10.4. The van der Waals surface area contributed by atoms with Crippen LogP contribution < -0.4 is 4.74 Å². The summed E-state index contributed by atoms with van der Waals surface area (Å²) in [5.41, 5.74) is 2.01. The average Bonchev–Trinajstić information content (AvgIpc) is 2.93. The summed E-state index contributed by atoms with van der Waals surface area (Å²) in [6, 6.07) is 15.6. The van der Waals surface area contributed by atoms with E-state index in [9.17, 15) is 5.11 Å². The first-order valence-corrected chi connectivity index (χ1v) is 8.85. The van der Waals surface area contributed by atoms with Gasteiger partial charge in [-0.05, 0) is 36.4 Å². The average molecular weight is 389 g/mol. The molecule has 0 aliphatic carbocycles. The van der Waals surface area contributed by atoms with E-state index in [1.165, 1.54) is 0 Å². The third kappa shape index (κ3) is 3.79. The second-order valence-corrected chi connectivity index (χ2v) is 7.06. The molecule has 0 amide bonds. The van der Waals surface area contributed by atoms with Crippen LogP contribution in [0.3, 0.4) is 0 Å². The van der Waals surface area contributed by atoms with Crippen molar-refractivity contribution in [2.75, 3.05) is 6.61 Å². The molecule has 4 nitrogen and oxygen atoms in total. The Morgan fingerprint density at radius 3 is 2.54 bits per heavy atom. The molecule has 24 heavy (non-hydrogen) atoms. The van der Waals surface area contributed by atoms with Crippen molar-refractivity contribution < 1.29 is 9.84 Å². The van der Waals surface area contributed by atoms with Crippen LogP contribution in [0.2, 0.25) is 0 Å². The molecule has 0 spiro atoms. The van der Waals surface area contributed by atoms with Gasteiger partial charge in [0, 0.05) is 10.4 Å². The minimum Gasteiger partial charge on any atom is -0.491 e. The fraction of sp³-hybridized carbons (Fsp3) is 0.316. The molecular weight excluding hydrogens is 368 g/mol. The molecule has 3 rings (SSSR count). The molecule has 0 bridgehead atoms. The number of aliphatic hydroxyl groups is 1. The van der Waals surface area contributed by atoms with Crippen molar-refractivity contribution in [1.82, 2.24) is 9.55 Å². The van der Waals surface area contributed by atoms with Crippen molar-refractivity contribution in [2.45, 2.75) is 32.4 Å². The van der Waals surface area contributed by atoms with E-state index in [0.717, 1.165) is 27.1 Å². The third-order valence-corrected chi connectivity index (χ3v) is 4.38. The van der Waals surface area contributed by atoms with Crippen LogP contribution in [0.1, 0.15) is 25.6 Å². The smallest absolute Gasteiger partial charge is 0.119 e. The van der Waals surface area contributed by atoms with Gasteiger partial charge in [-0.25, -0.2) is 4.98 Å². The van der Waals surface area contributed by atoms with E-state index >= 15 is 0 Å². The van der Waals surface area contributed by atoms with Gasteiger partial charge >= 0.3 is 0 Å². The van der Waals surface area contributed by atoms with E-state index in [2.05, 4.69) is 34.3 Å². The van der Waals surface area contributed by atoms with Crippen molar-refractivity contribution in [3.8, 4) is 5.75 Å². The number of fused-ring (bicyclic) bond motifs is 1. The van der Waals surface area contributed by atoms with Gasteiger partial charge in [-0.2, -0.15) is 0 Å². The van der Waals surface area contributed by atoms with E-state index in [1.54, 1.807) is 0 Å². The molecule has 0 radical (unpaired) electrons. The predicted molar refractivity (Wildman–Crippen MR) is 99.5 cm³/mol. The molecule has 2 aromatic carbocycles. The van der Waals surface area contributed by atoms with Gasteiger partial charge in [0.05, 0.1) is 17.6 Å². The van der Waals surface area contributed by atoms with Crippen molar-refractivity contribution in [3.63, 3.8) is 0 Å². The number of rotatable bonds is 6. The van der Waals surface area contributed by atoms with Crippen LogP contribution in [0.4, 0.5) is 0 Å². The second-order valence-electron chi connectivity index (χ2n) is 6.14. The SMILES string of the molecule is CC(C)c1nc2ccccc2n1CC(O)COc1ccc(Br)cc1. The van der Waals surface area contributed by atoms with E-state index in [1.807, 2.05) is 48.5 Å². The highest BCUT2D eigenvalue weighted by molar-refractivity contribution is 9.10. The summed E-state index contributed by atoms with van der Waals surface area (Å²) < 4.78 is 8.77. The van der Waals surface area contributed by atoms with Crippen LogP contribution in [0, 0.1) is 0 Å². The Kier molecular flexibility index (Phi) is 5.21. The third-order valence-electron chi connectivity index (χ3n) is 3.85. The van der Waals surface area contributed by atoms with Gasteiger partial charge < -0.3 is 14.4 Å². The monoisotopic (exact) mass is 388 g/mol. The standard InChI is InChI=1S/C19H21BrN2O2/c1-13(2)19-21-17-5-3-4-6-18(17)22(19)11-15(23)12-24-16-9-7-14(20)8-10-16/h3-10,13,15,23H,11-12H2,1-2H3. The van der Waals surface area contributed by atoms with Crippen LogP contribution in [-0.2, 0) is 6.54 Å². The van der Waals surface area contributed by atoms with E-state index in [-0.39, 0.29) is 12.5 Å². The number of halogens is 1. The largest absolute Gasteiger partial charge is 0.491 e. The Morgan fingerprint density at radius 1 is 1.12 bits per heavy atom. The molecule has 0 saturated carbocycles. The number of aromatic nitrogens is 2. The van der Waals surface area contributed by atoms with Crippen molar-refractivity contribution in [1.29, 1.82) is 0 Å². The van der Waals surface area contributed by atoms with Crippen LogP contribution in [0.15, 0.2) is 53.0 Å². The molecule has 3 aromatic rings. The molecule has 5 heteroatoms. The van der Waals surface area contributed by atoms with Crippen molar-refractivity contribution >= 4 is 27.0 Å². The lowest BCUT2D eigenvalue weighted by Gasteiger charge is -2.17. The zero-order valence-corrected chi connectivity index (χ0v) is 15.4. The molecule has 0 fully saturated rings. The summed E-state index contributed by atoms with van der Waals surface area (Å²) in [5, 5.41) is 10.4. The quantitative estimate of drug-likeness (QED) is 0.682. The van der Waals surface area contributed by atoms with E-state index < -0.39 is 6.10 Å². The Morgan fingerprint density at radius 2 is 1.83 bits per heavy atom. The number of aliphatic hydroxyl groups excluding tert-OH is 1. The zero-order valence-electron chi connectivity index (χ0n) is 13.8. The first kappa shape index (κ1) is 17.0. The normalized spacial score (nSPS) is 12.7. The summed E-state index contributed by atoms with van der Waals surface area (Å²) in [6.45, 7) is 4.93. The molecule has 1 unspecified atom stereocenters. The number of para-hydroxylation sites is 2. The van der Waals surface area contributed by atoms with Gasteiger partial charge in [0.2, 0.25) is 0 Å². The highest BCUT2D eigenvalue weighted by atomic mass is 79.9. The van der Waals surface area contributed by atoms with Gasteiger partial charge in [-0.15, -0.1) is 0 Å². The summed E-state index contributed by atoms with van der Waals surface area (Å²) in [4.78, 5) is 4.70. The molecule has 0 saturated heterocycles. The van der Waals surface area contributed by atoms with Gasteiger partial charge in [0.25, 0.3) is 0 Å². The molecule has 126 valence electrons. The predicted octanol–water partition coefficient (Wildman–Crippen LogP) is 4.36. The maximum Gasteiger partial charge on any atom is 0.119 e. The van der Waals surface area contributed by atoms with Crippen molar-refractivity contribution in [3.05, 3.63) is 58.8 Å². The van der Waals surface area contributed by atoms with Crippen LogP contribution in [0.5, 0.6) is 5.75 Å². The number of nitrogens with zero attached hydrogens (tertiary/aromatic N) is 2. The van der Waals surface area contributed by atoms with Crippen LogP contribution >= 0.6 is 15.9 Å². The van der Waals surface area contributed by atoms with Gasteiger partial charge in [-0.1, -0.05) is 41.9 Å². The lowest BCUT2D eigenvalue weighted by Crippen LogP contribution is -2.24. The van der Waals surface area contributed by atoms with Gasteiger partial charge in [0.15, 0.2) is 0 Å². The molecule has 1 N–H and O–H groups in total. The van der Waals surface area contributed by atoms with Crippen molar-refractivity contribution in [2.24, 2.45) is 0 Å². The fourth-order valence-corrected chi connectivity index (χ4v) is 2.98. The van der Waals surface area contributed by atoms with Gasteiger partial charge in [-0.3, -0.25) is 0 Å². The lowest BCUT2D eigenvalue weighted by molar-refractivity contribution is 0.0925. The maximum atomic E-state index is 10.4. The number of hydrogen-bond donors (Lipinski definition) is 1. The Bertz CT molecular complexity index is 812. The summed E-state index contributed by atoms with van der Waals surface area (Å²) in [5.74, 6) is 2.02. The van der Waals surface area contributed by atoms with Crippen LogP contribution in [0.25, 0.3) is 11.0 Å². The fourth-order valence-electron chi connectivity index (χ4n) is 2.71. The Labute approximate surface area is 150 Å². The summed E-state index contributed by atoms with van der Waals surface area (Å²) in [7, 11) is 0. The minimum atomic E-state index is -0.608. The lowest BCUT2D eigenvalue weighted by atomic mass is 10.2. The molecule has 1 heterocycles. The summed E-state index contributed by atoms with van der Waals surface area (Å²) >= 11 is 3.39. The highest BCUT2D eigenvalue weighted by Crippen LogP contribution is 2.22.